The van der Waals surface area contributed by atoms with E-state index in [4.69, 9.17) is 27.2 Å². The topological polar surface area (TPSA) is 111 Å². The highest BCUT2D eigenvalue weighted by atomic mass is 35.5. The Bertz CT molecular complexity index is 659. The van der Waals surface area contributed by atoms with E-state index in [0.717, 1.165) is 6.54 Å². The molecule has 4 N–H and O–H groups in total. The molecular weight excluding hydrogens is 363 g/mol. The number of halogens is 4. The zero-order chi connectivity index (χ0) is 18.6. The molecule has 136 valence electrons. The molecule has 1 fully saturated rings. The van der Waals surface area contributed by atoms with Gasteiger partial charge >= 0.3 is 6.18 Å². The summed E-state index contributed by atoms with van der Waals surface area (Å²) >= 11 is 5.39. The average Bonchev–Trinajstić information content (AvgIpc) is 2.60. The monoisotopic (exact) mass is 377 g/mol. The first-order valence-electron chi connectivity index (χ1n) is 7.18. The van der Waals surface area contributed by atoms with Crippen LogP contribution in [0.25, 0.3) is 0 Å². The van der Waals surface area contributed by atoms with Crippen molar-refractivity contribution in [3.8, 4) is 0 Å². The predicted molar refractivity (Wildman–Crippen MR) is 85.6 cm³/mol. The van der Waals surface area contributed by atoms with Crippen molar-refractivity contribution in [2.45, 2.75) is 17.7 Å². The summed E-state index contributed by atoms with van der Waals surface area (Å²) in [5.41, 5.74) is -2.13. The average molecular weight is 378 g/mol. The molecule has 0 spiro atoms. The van der Waals surface area contributed by atoms with E-state index in [-0.39, 0.29) is 11.8 Å². The molecule has 25 heavy (non-hydrogen) atoms. The highest BCUT2D eigenvalue weighted by Crippen LogP contribution is 2.22. The fraction of sp³-hybridized carbons (Fsp3) is 0.429. The Balaban J connectivity index is 1.98. The number of pyridine rings is 1. The molecule has 0 radical (unpaired) electrons. The fourth-order valence-corrected chi connectivity index (χ4v) is 2.25. The van der Waals surface area contributed by atoms with E-state index in [1.165, 1.54) is 12.3 Å². The molecule has 2 atom stereocenters. The summed E-state index contributed by atoms with van der Waals surface area (Å²) in [5, 5.41) is 17.5. The van der Waals surface area contributed by atoms with Gasteiger partial charge < -0.3 is 15.4 Å². The molecule has 1 amide bonds. The van der Waals surface area contributed by atoms with Crippen LogP contribution in [0.2, 0.25) is 0 Å². The number of hydrogen-bond acceptors (Lipinski definition) is 6. The zero-order valence-corrected chi connectivity index (χ0v) is 13.5. The molecule has 7 nitrogen and oxygen atoms in total. The number of nitrogens with zero attached hydrogens (tertiary/aromatic N) is 1. The number of hydrogen-bond donors (Lipinski definition) is 4. The second-order valence-corrected chi connectivity index (χ2v) is 5.61. The van der Waals surface area contributed by atoms with E-state index >= 15 is 0 Å². The molecule has 0 bridgehead atoms. The van der Waals surface area contributed by atoms with Gasteiger partial charge in [-0.3, -0.25) is 20.6 Å². The quantitative estimate of drug-likeness (QED) is 0.464. The van der Waals surface area contributed by atoms with Gasteiger partial charge in [0.2, 0.25) is 0 Å². The van der Waals surface area contributed by atoms with Gasteiger partial charge in [0.1, 0.15) is 22.9 Å². The lowest BCUT2D eigenvalue weighted by Crippen LogP contribution is -2.40. The lowest BCUT2D eigenvalue weighted by molar-refractivity contribution is -0.110. The summed E-state index contributed by atoms with van der Waals surface area (Å²) < 4.78 is 42.7. The zero-order valence-electron chi connectivity index (χ0n) is 12.8. The maximum absolute atomic E-state index is 12.4. The van der Waals surface area contributed by atoms with Crippen LogP contribution in [-0.2, 0) is 9.53 Å². The van der Waals surface area contributed by atoms with Crippen LogP contribution < -0.4 is 10.6 Å². The standard InChI is InChI=1S/C14H15ClF3N5O2/c15-10(12(20)14(16,17)18)11(19)13(24)23-7-1-2-8(22-5-7)9-6-21-3-4-25-9/h1-2,5,9-10,19-21H,3-4,6H2,(H,23,24). The highest BCUT2D eigenvalue weighted by molar-refractivity contribution is 6.58. The van der Waals surface area contributed by atoms with Gasteiger partial charge in [0.25, 0.3) is 5.91 Å². The van der Waals surface area contributed by atoms with Gasteiger partial charge in [-0.25, -0.2) is 0 Å². The van der Waals surface area contributed by atoms with Gasteiger partial charge in [-0.15, -0.1) is 11.6 Å². The summed E-state index contributed by atoms with van der Waals surface area (Å²) in [7, 11) is 0. The van der Waals surface area contributed by atoms with E-state index in [1.807, 2.05) is 0 Å². The number of nitrogens with one attached hydrogen (secondary N) is 4. The third-order valence-corrected chi connectivity index (χ3v) is 3.80. The van der Waals surface area contributed by atoms with Crippen molar-refractivity contribution in [1.29, 1.82) is 10.8 Å². The van der Waals surface area contributed by atoms with Gasteiger partial charge in [0.05, 0.1) is 24.2 Å². The van der Waals surface area contributed by atoms with Crippen molar-refractivity contribution in [2.24, 2.45) is 0 Å². The normalized spacial score (nSPS) is 19.1. The summed E-state index contributed by atoms with van der Waals surface area (Å²) in [4.78, 5) is 16.0. The summed E-state index contributed by atoms with van der Waals surface area (Å²) in [6.07, 6.45) is -3.93. The Morgan fingerprint density at radius 2 is 2.16 bits per heavy atom. The number of morpholine rings is 1. The third-order valence-electron chi connectivity index (χ3n) is 3.36. The second-order valence-electron chi connectivity index (χ2n) is 5.18. The Morgan fingerprint density at radius 3 is 2.68 bits per heavy atom. The first-order chi connectivity index (χ1) is 11.7. The van der Waals surface area contributed by atoms with Crippen molar-refractivity contribution in [2.75, 3.05) is 25.0 Å². The molecule has 1 aliphatic rings. The second kappa shape index (κ2) is 7.89. The van der Waals surface area contributed by atoms with Crippen molar-refractivity contribution < 1.29 is 22.7 Å². The van der Waals surface area contributed by atoms with Crippen molar-refractivity contribution >= 4 is 34.6 Å². The van der Waals surface area contributed by atoms with Crippen LogP contribution in [0, 0.1) is 10.8 Å². The van der Waals surface area contributed by atoms with Gasteiger partial charge in [0, 0.05) is 13.1 Å². The molecule has 1 aromatic heterocycles. The Labute approximate surface area is 145 Å². The third kappa shape index (κ3) is 4.97. The minimum absolute atomic E-state index is 0.185. The molecule has 11 heteroatoms. The van der Waals surface area contributed by atoms with Crippen molar-refractivity contribution in [3.63, 3.8) is 0 Å². The number of aromatic nitrogens is 1. The van der Waals surface area contributed by atoms with Crippen LogP contribution in [0.4, 0.5) is 18.9 Å². The van der Waals surface area contributed by atoms with Crippen LogP contribution in [0.1, 0.15) is 11.8 Å². The Morgan fingerprint density at radius 1 is 1.44 bits per heavy atom. The minimum atomic E-state index is -5.00. The van der Waals surface area contributed by atoms with Crippen LogP contribution in [0.15, 0.2) is 18.3 Å². The molecule has 0 saturated carbocycles. The van der Waals surface area contributed by atoms with E-state index in [1.54, 1.807) is 6.07 Å². The maximum Gasteiger partial charge on any atom is 0.430 e. The van der Waals surface area contributed by atoms with Crippen molar-refractivity contribution in [3.05, 3.63) is 24.0 Å². The smallest absolute Gasteiger partial charge is 0.369 e. The van der Waals surface area contributed by atoms with Crippen LogP contribution in [0.5, 0.6) is 0 Å². The summed E-state index contributed by atoms with van der Waals surface area (Å²) in [6.45, 7) is 1.89. The van der Waals surface area contributed by atoms with Crippen LogP contribution in [-0.4, -0.2) is 53.6 Å². The molecule has 0 aliphatic carbocycles. The number of ether oxygens (including phenoxy) is 1. The lowest BCUT2D eigenvalue weighted by Gasteiger charge is -2.23. The molecule has 1 aliphatic heterocycles. The summed E-state index contributed by atoms with van der Waals surface area (Å²) in [6, 6.07) is 3.09. The van der Waals surface area contributed by atoms with E-state index in [9.17, 15) is 18.0 Å². The number of carbonyl (C=O) groups is 1. The van der Waals surface area contributed by atoms with E-state index in [2.05, 4.69) is 15.6 Å². The predicted octanol–water partition coefficient (Wildman–Crippen LogP) is 1.89. The molecule has 2 unspecified atom stereocenters. The first-order valence-corrected chi connectivity index (χ1v) is 7.61. The lowest BCUT2D eigenvalue weighted by atomic mass is 10.1. The molecular formula is C14H15ClF3N5O2. The number of anilines is 1. The van der Waals surface area contributed by atoms with Crippen molar-refractivity contribution in [1.82, 2.24) is 10.3 Å². The minimum Gasteiger partial charge on any atom is -0.369 e. The van der Waals surface area contributed by atoms with Crippen LogP contribution >= 0.6 is 11.6 Å². The molecule has 1 saturated heterocycles. The Hall–Kier alpha value is -2.04. The SMILES string of the molecule is N=C(C(=O)Nc1ccc(C2CNCCO2)nc1)C(Cl)C(=N)C(F)(F)F. The number of alkyl halides is 4. The van der Waals surface area contributed by atoms with Gasteiger partial charge in [-0.2, -0.15) is 13.2 Å². The largest absolute Gasteiger partial charge is 0.430 e. The molecule has 1 aromatic rings. The highest BCUT2D eigenvalue weighted by Gasteiger charge is 2.41. The molecule has 0 aromatic carbocycles. The van der Waals surface area contributed by atoms with Gasteiger partial charge in [-0.1, -0.05) is 0 Å². The fourth-order valence-electron chi connectivity index (χ4n) is 2.03. The van der Waals surface area contributed by atoms with Gasteiger partial charge in [-0.05, 0) is 12.1 Å². The summed E-state index contributed by atoms with van der Waals surface area (Å²) in [5.74, 6) is -1.14. The number of carbonyl (C=O) groups excluding carboxylic acids is 1. The van der Waals surface area contributed by atoms with E-state index in [0.29, 0.717) is 18.8 Å². The van der Waals surface area contributed by atoms with E-state index < -0.39 is 28.9 Å². The van der Waals surface area contributed by atoms with Crippen LogP contribution in [0.3, 0.4) is 0 Å². The molecule has 2 heterocycles. The maximum atomic E-state index is 12.4. The number of amides is 1. The van der Waals surface area contributed by atoms with Gasteiger partial charge in [0.15, 0.2) is 0 Å². The molecule has 2 rings (SSSR count). The number of rotatable bonds is 5. The Kier molecular flexibility index (Phi) is 6.09. The first kappa shape index (κ1) is 19.3.